The molecule has 0 bridgehead atoms. The average molecular weight is 356 g/mol. The molecule has 0 aliphatic heterocycles. The van der Waals surface area contributed by atoms with Gasteiger partial charge in [-0.2, -0.15) is 5.26 Å². The minimum absolute atomic E-state index is 0.260. The van der Waals surface area contributed by atoms with Crippen LogP contribution in [0.15, 0.2) is 18.2 Å². The Kier molecular flexibility index (Phi) is 4.95. The number of thiophene rings is 1. The highest BCUT2D eigenvalue weighted by Gasteiger charge is 2.25. The van der Waals surface area contributed by atoms with Gasteiger partial charge in [-0.3, -0.25) is 4.79 Å². The second kappa shape index (κ2) is 7.16. The Morgan fingerprint density at radius 3 is 2.76 bits per heavy atom. The van der Waals surface area contributed by atoms with Crippen LogP contribution in [0.5, 0.6) is 11.5 Å². The molecule has 2 aromatic rings. The number of ether oxygens (including phenoxy) is 2. The molecular weight excluding hydrogens is 336 g/mol. The van der Waals surface area contributed by atoms with Crippen LogP contribution >= 0.6 is 11.3 Å². The summed E-state index contributed by atoms with van der Waals surface area (Å²) in [7, 11) is 3.08. The van der Waals surface area contributed by atoms with Gasteiger partial charge in [0.2, 0.25) is 0 Å². The van der Waals surface area contributed by atoms with E-state index in [1.807, 2.05) is 0 Å². The molecule has 1 N–H and O–H groups in total. The number of nitrogens with zero attached hydrogens (tertiary/aromatic N) is 1. The van der Waals surface area contributed by atoms with Crippen LogP contribution in [-0.4, -0.2) is 20.1 Å². The lowest BCUT2D eigenvalue weighted by atomic mass is 9.88. The number of amides is 1. The highest BCUT2D eigenvalue weighted by atomic mass is 32.1. The van der Waals surface area contributed by atoms with E-state index in [1.165, 1.54) is 23.3 Å². The normalized spacial score (nSPS) is 15.8. The first-order valence-electron chi connectivity index (χ1n) is 8.15. The summed E-state index contributed by atoms with van der Waals surface area (Å²) in [5.74, 6) is 1.37. The molecule has 1 amide bonds. The van der Waals surface area contributed by atoms with Crippen LogP contribution in [-0.2, 0) is 12.8 Å². The van der Waals surface area contributed by atoms with Crippen molar-refractivity contribution in [3.05, 3.63) is 39.8 Å². The maximum absolute atomic E-state index is 12.6. The number of anilines is 1. The summed E-state index contributed by atoms with van der Waals surface area (Å²) in [5, 5.41) is 13.1. The van der Waals surface area contributed by atoms with Crippen LogP contribution in [0.25, 0.3) is 0 Å². The largest absolute Gasteiger partial charge is 0.493 e. The Labute approximate surface area is 151 Å². The quantitative estimate of drug-likeness (QED) is 0.898. The number of nitrogens with one attached hydrogen (secondary N) is 1. The minimum atomic E-state index is -0.260. The molecule has 0 fully saturated rings. The Morgan fingerprint density at radius 1 is 1.32 bits per heavy atom. The van der Waals surface area contributed by atoms with E-state index in [0.29, 0.717) is 33.5 Å². The molecule has 3 rings (SSSR count). The van der Waals surface area contributed by atoms with E-state index in [1.54, 1.807) is 25.3 Å². The number of methoxy groups -OCH3 is 2. The fraction of sp³-hybridized carbons (Fsp3) is 0.368. The lowest BCUT2D eigenvalue weighted by Crippen LogP contribution is -2.12. The number of hydrogen-bond donors (Lipinski definition) is 1. The van der Waals surface area contributed by atoms with E-state index in [4.69, 9.17) is 9.47 Å². The molecular formula is C19H20N2O3S. The van der Waals surface area contributed by atoms with Crippen LogP contribution in [0, 0.1) is 17.2 Å². The summed E-state index contributed by atoms with van der Waals surface area (Å²) in [6.45, 7) is 2.20. The predicted octanol–water partition coefficient (Wildman–Crippen LogP) is 4.01. The van der Waals surface area contributed by atoms with E-state index in [0.717, 1.165) is 24.8 Å². The molecule has 1 atom stereocenters. The van der Waals surface area contributed by atoms with Crippen LogP contribution < -0.4 is 14.8 Å². The molecule has 25 heavy (non-hydrogen) atoms. The molecule has 1 heterocycles. The van der Waals surface area contributed by atoms with Crippen molar-refractivity contribution < 1.29 is 14.3 Å². The van der Waals surface area contributed by atoms with Gasteiger partial charge in [-0.1, -0.05) is 6.92 Å². The van der Waals surface area contributed by atoms with Gasteiger partial charge < -0.3 is 14.8 Å². The summed E-state index contributed by atoms with van der Waals surface area (Å²) in [4.78, 5) is 13.8. The lowest BCUT2D eigenvalue weighted by Gasteiger charge is -2.17. The fourth-order valence-corrected chi connectivity index (χ4v) is 4.31. The van der Waals surface area contributed by atoms with Crippen molar-refractivity contribution in [2.75, 3.05) is 19.5 Å². The summed E-state index contributed by atoms with van der Waals surface area (Å²) in [6.07, 6.45) is 3.00. The fourth-order valence-electron chi connectivity index (χ4n) is 3.12. The SMILES string of the molecule is COc1ccc(C(=O)Nc2sc3c(c2C#N)CC(C)CC3)cc1OC. The van der Waals surface area contributed by atoms with Crippen LogP contribution in [0.1, 0.15) is 39.7 Å². The summed E-state index contributed by atoms with van der Waals surface area (Å²) in [5.41, 5.74) is 2.18. The van der Waals surface area contributed by atoms with Crippen molar-refractivity contribution in [2.45, 2.75) is 26.2 Å². The first-order valence-corrected chi connectivity index (χ1v) is 8.97. The van der Waals surface area contributed by atoms with E-state index in [2.05, 4.69) is 18.3 Å². The molecule has 1 aliphatic rings. The second-order valence-corrected chi connectivity index (χ2v) is 7.30. The van der Waals surface area contributed by atoms with Gasteiger partial charge in [-0.05, 0) is 48.9 Å². The molecule has 0 saturated heterocycles. The number of aryl methyl sites for hydroxylation is 1. The Bertz CT molecular complexity index is 851. The van der Waals surface area contributed by atoms with E-state index >= 15 is 0 Å². The van der Waals surface area contributed by atoms with Gasteiger partial charge in [-0.15, -0.1) is 11.3 Å². The van der Waals surface area contributed by atoms with Crippen LogP contribution in [0.2, 0.25) is 0 Å². The van der Waals surface area contributed by atoms with Gasteiger partial charge in [0, 0.05) is 10.4 Å². The molecule has 5 nitrogen and oxygen atoms in total. The van der Waals surface area contributed by atoms with Crippen LogP contribution in [0.4, 0.5) is 5.00 Å². The number of benzene rings is 1. The molecule has 1 aromatic heterocycles. The summed E-state index contributed by atoms with van der Waals surface area (Å²) in [6, 6.07) is 7.28. The highest BCUT2D eigenvalue weighted by Crippen LogP contribution is 2.39. The number of carbonyl (C=O) groups excluding carboxylic acids is 1. The van der Waals surface area contributed by atoms with E-state index < -0.39 is 0 Å². The maximum Gasteiger partial charge on any atom is 0.256 e. The maximum atomic E-state index is 12.6. The van der Waals surface area contributed by atoms with E-state index in [-0.39, 0.29) is 5.91 Å². The van der Waals surface area contributed by atoms with Gasteiger partial charge >= 0.3 is 0 Å². The Hall–Kier alpha value is -2.52. The second-order valence-electron chi connectivity index (χ2n) is 6.19. The molecule has 130 valence electrons. The van der Waals surface area contributed by atoms with Crippen LogP contribution in [0.3, 0.4) is 0 Å². The molecule has 0 saturated carbocycles. The molecule has 6 heteroatoms. The first-order chi connectivity index (χ1) is 12.1. The van der Waals surface area contributed by atoms with Gasteiger partial charge in [0.25, 0.3) is 5.91 Å². The zero-order chi connectivity index (χ0) is 18.0. The standard InChI is InChI=1S/C19H20N2O3S/c1-11-4-7-17-13(8-11)14(10-20)19(25-17)21-18(22)12-5-6-15(23-2)16(9-12)24-3/h5-6,9,11H,4,7-8H2,1-3H3,(H,21,22). The summed E-state index contributed by atoms with van der Waals surface area (Å²) >= 11 is 1.52. The van der Waals surface area contributed by atoms with Gasteiger partial charge in [-0.25, -0.2) is 0 Å². The Balaban J connectivity index is 1.88. The van der Waals surface area contributed by atoms with Gasteiger partial charge in [0.05, 0.1) is 19.8 Å². The van der Waals surface area contributed by atoms with Gasteiger partial charge in [0.15, 0.2) is 11.5 Å². The van der Waals surface area contributed by atoms with Crippen molar-refractivity contribution in [2.24, 2.45) is 5.92 Å². The van der Waals surface area contributed by atoms with Crippen molar-refractivity contribution in [1.29, 1.82) is 5.26 Å². The predicted molar refractivity (Wildman–Crippen MR) is 97.7 cm³/mol. The summed E-state index contributed by atoms with van der Waals surface area (Å²) < 4.78 is 10.4. The Morgan fingerprint density at radius 2 is 2.08 bits per heavy atom. The molecule has 0 spiro atoms. The minimum Gasteiger partial charge on any atom is -0.493 e. The molecule has 1 aliphatic carbocycles. The molecule has 1 unspecified atom stereocenters. The molecule has 0 radical (unpaired) electrons. The average Bonchev–Trinajstić information content (AvgIpc) is 2.96. The monoisotopic (exact) mass is 356 g/mol. The number of carbonyl (C=O) groups is 1. The number of nitriles is 1. The number of rotatable bonds is 4. The first kappa shape index (κ1) is 17.3. The third-order valence-corrected chi connectivity index (χ3v) is 5.70. The number of fused-ring (bicyclic) bond motifs is 1. The zero-order valence-corrected chi connectivity index (χ0v) is 15.3. The number of hydrogen-bond acceptors (Lipinski definition) is 5. The topological polar surface area (TPSA) is 71.3 Å². The van der Waals surface area contributed by atoms with Crippen molar-refractivity contribution in [1.82, 2.24) is 0 Å². The molecule has 1 aromatic carbocycles. The van der Waals surface area contributed by atoms with Crippen molar-refractivity contribution >= 4 is 22.2 Å². The highest BCUT2D eigenvalue weighted by molar-refractivity contribution is 7.16. The third-order valence-electron chi connectivity index (χ3n) is 4.49. The smallest absolute Gasteiger partial charge is 0.256 e. The lowest BCUT2D eigenvalue weighted by molar-refractivity contribution is 0.102. The van der Waals surface area contributed by atoms with E-state index in [9.17, 15) is 10.1 Å². The zero-order valence-electron chi connectivity index (χ0n) is 14.5. The third kappa shape index (κ3) is 3.33. The van der Waals surface area contributed by atoms with Crippen molar-refractivity contribution in [3.63, 3.8) is 0 Å². The van der Waals surface area contributed by atoms with Crippen molar-refractivity contribution in [3.8, 4) is 17.6 Å². The van der Waals surface area contributed by atoms with Gasteiger partial charge in [0.1, 0.15) is 11.1 Å².